The molecule has 1 aromatic heterocycles. The number of ether oxygens (including phenoxy) is 2. The number of fused-ring (bicyclic) bond motifs is 2. The largest absolute Gasteiger partial charge is 0.454 e. The molecule has 0 atom stereocenters. The Balaban J connectivity index is 1.62. The van der Waals surface area contributed by atoms with E-state index < -0.39 is 9.84 Å². The molecule has 0 saturated carbocycles. The number of hydrogen-bond acceptors (Lipinski definition) is 7. The van der Waals surface area contributed by atoms with Crippen LogP contribution in [0.4, 0.5) is 0 Å². The number of sulfone groups is 1. The highest BCUT2D eigenvalue weighted by atomic mass is 32.2. The molecule has 2 aromatic rings. The quantitative estimate of drug-likeness (QED) is 0.791. The smallest absolute Gasteiger partial charge is 0.255 e. The van der Waals surface area contributed by atoms with Crippen molar-refractivity contribution < 1.29 is 17.9 Å². The number of para-hydroxylation sites is 1. The lowest BCUT2D eigenvalue weighted by atomic mass is 10.1. The highest BCUT2D eigenvalue weighted by Crippen LogP contribution is 2.36. The molecule has 25 heavy (non-hydrogen) atoms. The van der Waals surface area contributed by atoms with Crippen molar-refractivity contribution in [3.05, 3.63) is 45.4 Å². The molecule has 2 aliphatic heterocycles. The molecule has 0 unspecified atom stereocenters. The van der Waals surface area contributed by atoms with E-state index in [9.17, 15) is 13.2 Å². The molecule has 132 valence electrons. The third-order valence-corrected chi connectivity index (χ3v) is 5.25. The van der Waals surface area contributed by atoms with Crippen LogP contribution in [0.25, 0.3) is 0 Å². The minimum absolute atomic E-state index is 0.212. The molecule has 1 aromatic carbocycles. The monoisotopic (exact) mass is 363 g/mol. The summed E-state index contributed by atoms with van der Waals surface area (Å²) in [5.74, 6) is 1.47. The summed E-state index contributed by atoms with van der Waals surface area (Å²) in [6, 6.07) is 5.73. The summed E-state index contributed by atoms with van der Waals surface area (Å²) in [6.07, 6.45) is 1.55. The van der Waals surface area contributed by atoms with Crippen LogP contribution in [0.15, 0.2) is 28.2 Å². The van der Waals surface area contributed by atoms with Gasteiger partial charge in [0.2, 0.25) is 21.8 Å². The summed E-state index contributed by atoms with van der Waals surface area (Å²) >= 11 is 0. The van der Waals surface area contributed by atoms with Crippen LogP contribution in [0.1, 0.15) is 16.8 Å². The van der Waals surface area contributed by atoms with Gasteiger partial charge in [0.25, 0.3) is 5.56 Å². The van der Waals surface area contributed by atoms with Crippen LogP contribution in [-0.2, 0) is 29.3 Å². The zero-order valence-electron chi connectivity index (χ0n) is 13.6. The lowest BCUT2D eigenvalue weighted by Gasteiger charge is -2.27. The van der Waals surface area contributed by atoms with E-state index >= 15 is 0 Å². The molecule has 1 N–H and O–H groups in total. The van der Waals surface area contributed by atoms with E-state index in [0.717, 1.165) is 23.3 Å². The van der Waals surface area contributed by atoms with Gasteiger partial charge in [-0.15, -0.1) is 0 Å². The molecule has 3 heterocycles. The summed E-state index contributed by atoms with van der Waals surface area (Å²) < 4.78 is 34.3. The van der Waals surface area contributed by atoms with Gasteiger partial charge in [0.1, 0.15) is 0 Å². The fraction of sp³-hybridized carbons (Fsp3) is 0.375. The number of rotatable bonds is 3. The van der Waals surface area contributed by atoms with E-state index in [1.54, 1.807) is 0 Å². The summed E-state index contributed by atoms with van der Waals surface area (Å²) in [4.78, 5) is 20.8. The van der Waals surface area contributed by atoms with E-state index in [1.807, 2.05) is 18.2 Å². The summed E-state index contributed by atoms with van der Waals surface area (Å²) in [5, 5.41) is -0.282. The van der Waals surface area contributed by atoms with Gasteiger partial charge in [-0.2, -0.15) is 0 Å². The van der Waals surface area contributed by atoms with Crippen LogP contribution < -0.4 is 15.0 Å². The van der Waals surface area contributed by atoms with Crippen molar-refractivity contribution in [1.82, 2.24) is 14.9 Å². The highest BCUT2D eigenvalue weighted by molar-refractivity contribution is 7.90. The Morgan fingerprint density at radius 2 is 2.16 bits per heavy atom. The van der Waals surface area contributed by atoms with Crippen molar-refractivity contribution in [2.24, 2.45) is 0 Å². The Hall–Kier alpha value is -2.39. The molecule has 0 bridgehead atoms. The molecule has 0 radical (unpaired) electrons. The Kier molecular flexibility index (Phi) is 3.77. The fourth-order valence-electron chi connectivity index (χ4n) is 3.14. The topological polar surface area (TPSA) is 102 Å². The van der Waals surface area contributed by atoms with Crippen molar-refractivity contribution in [3.63, 3.8) is 0 Å². The van der Waals surface area contributed by atoms with E-state index in [4.69, 9.17) is 9.47 Å². The van der Waals surface area contributed by atoms with Gasteiger partial charge in [-0.05, 0) is 12.5 Å². The molecule has 9 heteroatoms. The maximum absolute atomic E-state index is 12.1. The average Bonchev–Trinajstić information content (AvgIpc) is 3.03. The van der Waals surface area contributed by atoms with Crippen molar-refractivity contribution >= 4 is 9.84 Å². The van der Waals surface area contributed by atoms with Gasteiger partial charge in [-0.25, -0.2) is 13.4 Å². The van der Waals surface area contributed by atoms with Crippen molar-refractivity contribution in [2.45, 2.75) is 24.7 Å². The van der Waals surface area contributed by atoms with Gasteiger partial charge in [0.05, 0.1) is 5.69 Å². The number of aromatic amines is 1. The number of hydrogen-bond donors (Lipinski definition) is 1. The van der Waals surface area contributed by atoms with Crippen molar-refractivity contribution in [3.8, 4) is 11.5 Å². The molecule has 0 aliphatic carbocycles. The average molecular weight is 363 g/mol. The first-order chi connectivity index (χ1) is 11.9. The second-order valence-corrected chi connectivity index (χ2v) is 8.11. The van der Waals surface area contributed by atoms with E-state index in [-0.39, 0.29) is 17.5 Å². The van der Waals surface area contributed by atoms with Crippen molar-refractivity contribution in [2.75, 3.05) is 19.6 Å². The maximum atomic E-state index is 12.1. The number of benzene rings is 1. The third kappa shape index (κ3) is 3.00. The SMILES string of the molecule is CS(=O)(=O)c1nc2c(c(=O)[nH]1)CCN(Cc1cccc3c1OCO3)C2. The Bertz CT molecular complexity index is 999. The second-order valence-electron chi connectivity index (χ2n) is 6.18. The molecule has 0 saturated heterocycles. The third-order valence-electron chi connectivity index (χ3n) is 4.35. The zero-order valence-corrected chi connectivity index (χ0v) is 14.4. The lowest BCUT2D eigenvalue weighted by Crippen LogP contribution is -2.35. The van der Waals surface area contributed by atoms with Crippen LogP contribution in [0.3, 0.4) is 0 Å². The Morgan fingerprint density at radius 1 is 1.32 bits per heavy atom. The molecule has 2 aliphatic rings. The molecule has 0 fully saturated rings. The van der Waals surface area contributed by atoms with Crippen LogP contribution >= 0.6 is 0 Å². The van der Waals surface area contributed by atoms with Gasteiger partial charge in [-0.1, -0.05) is 12.1 Å². The number of aromatic nitrogens is 2. The van der Waals surface area contributed by atoms with Gasteiger partial charge in [0.15, 0.2) is 11.5 Å². The second kappa shape index (κ2) is 5.85. The van der Waals surface area contributed by atoms with Crippen LogP contribution in [0.2, 0.25) is 0 Å². The first-order valence-corrected chi connectivity index (χ1v) is 9.73. The summed E-state index contributed by atoms with van der Waals surface area (Å²) in [6.45, 7) is 1.91. The summed E-state index contributed by atoms with van der Waals surface area (Å²) in [7, 11) is -3.56. The standard InChI is InChI=1S/C16H17N3O5S/c1-25(21,22)16-17-12-8-19(6-5-11(12)15(20)18-16)7-10-3-2-4-13-14(10)24-9-23-13/h2-4H,5-9H2,1H3,(H,17,18,20). The fourth-order valence-corrected chi connectivity index (χ4v) is 3.69. The molecule has 8 nitrogen and oxygen atoms in total. The number of nitrogens with zero attached hydrogens (tertiary/aromatic N) is 2. The van der Waals surface area contributed by atoms with Gasteiger partial charge in [0, 0.05) is 37.0 Å². The first-order valence-electron chi connectivity index (χ1n) is 7.84. The van der Waals surface area contributed by atoms with E-state index in [2.05, 4.69) is 14.9 Å². The van der Waals surface area contributed by atoms with Gasteiger partial charge in [-0.3, -0.25) is 14.7 Å². The summed E-state index contributed by atoms with van der Waals surface area (Å²) in [5.41, 5.74) is 1.69. The van der Waals surface area contributed by atoms with Gasteiger partial charge < -0.3 is 9.47 Å². The number of H-pyrrole nitrogens is 1. The highest BCUT2D eigenvalue weighted by Gasteiger charge is 2.25. The molecule has 4 rings (SSSR count). The Labute approximate surface area is 144 Å². The van der Waals surface area contributed by atoms with Crippen molar-refractivity contribution in [1.29, 1.82) is 0 Å². The normalized spacial score (nSPS) is 16.7. The molecular formula is C16H17N3O5S. The molecule has 0 amide bonds. The van der Waals surface area contributed by atoms with Crippen LogP contribution in [0.5, 0.6) is 11.5 Å². The van der Waals surface area contributed by atoms with E-state index in [1.165, 1.54) is 0 Å². The Morgan fingerprint density at radius 3 is 2.96 bits per heavy atom. The molecular weight excluding hydrogens is 346 g/mol. The first kappa shape index (κ1) is 16.1. The predicted molar refractivity (Wildman–Crippen MR) is 88.4 cm³/mol. The minimum atomic E-state index is -3.56. The maximum Gasteiger partial charge on any atom is 0.255 e. The zero-order chi connectivity index (χ0) is 17.6. The minimum Gasteiger partial charge on any atom is -0.454 e. The molecule has 0 spiro atoms. The lowest BCUT2D eigenvalue weighted by molar-refractivity contribution is 0.171. The van der Waals surface area contributed by atoms with E-state index in [0.29, 0.717) is 37.3 Å². The van der Waals surface area contributed by atoms with Gasteiger partial charge >= 0.3 is 0 Å². The predicted octanol–water partition coefficient (Wildman–Crippen LogP) is 0.460. The van der Waals surface area contributed by atoms with Crippen LogP contribution in [-0.4, -0.2) is 42.9 Å². The number of nitrogens with one attached hydrogen (secondary N) is 1. The van der Waals surface area contributed by atoms with Crippen LogP contribution in [0, 0.1) is 0 Å².